The predicted octanol–water partition coefficient (Wildman–Crippen LogP) is 2.28. The lowest BCUT2D eigenvalue weighted by Crippen LogP contribution is -2.56. The molecule has 2 aliphatic heterocycles. The highest BCUT2D eigenvalue weighted by Gasteiger charge is 2.49. The largest absolute Gasteiger partial charge is 0.484 e. The van der Waals surface area contributed by atoms with Crippen LogP contribution in [0.2, 0.25) is 0 Å². The summed E-state index contributed by atoms with van der Waals surface area (Å²) in [5.41, 5.74) is 5.44. The monoisotopic (exact) mass is 537 g/mol. The number of halogens is 2. The van der Waals surface area contributed by atoms with Crippen molar-refractivity contribution < 1.29 is 28.0 Å². The van der Waals surface area contributed by atoms with Gasteiger partial charge < -0.3 is 14.0 Å². The van der Waals surface area contributed by atoms with Crippen LogP contribution >= 0.6 is 31.1 Å². The number of aliphatic hydroxyl groups excluding tert-OH is 1. The number of ether oxygens (including phenoxy) is 1. The van der Waals surface area contributed by atoms with E-state index in [2.05, 4.69) is 34.4 Å². The predicted molar refractivity (Wildman–Crippen MR) is 132 cm³/mol. The van der Waals surface area contributed by atoms with Gasteiger partial charge >= 0.3 is 0 Å². The topological polar surface area (TPSA) is 121 Å². The summed E-state index contributed by atoms with van der Waals surface area (Å²) in [6, 6.07) is -0.466. The van der Waals surface area contributed by atoms with E-state index >= 15 is 0 Å². The number of aliphatic hydroxyl groups is 1. The third kappa shape index (κ3) is 7.91. The molecule has 5 N–H and O–H groups in total. The maximum atomic E-state index is 13.5. The van der Waals surface area contributed by atoms with Crippen molar-refractivity contribution in [1.82, 2.24) is 21.3 Å². The first-order valence-electron chi connectivity index (χ1n) is 11.2. The molecule has 3 rings (SSSR count). The Morgan fingerprint density at radius 2 is 2.06 bits per heavy atom. The fourth-order valence-corrected chi connectivity index (χ4v) is 8.63. The minimum atomic E-state index is -2.24. The van der Waals surface area contributed by atoms with Crippen molar-refractivity contribution in [1.29, 1.82) is 0 Å². The van der Waals surface area contributed by atoms with Gasteiger partial charge in [-0.1, -0.05) is 24.8 Å². The molecule has 2 saturated heterocycles. The Kier molecular flexibility index (Phi) is 10.2. The van der Waals surface area contributed by atoms with Crippen LogP contribution in [0.3, 0.4) is 0 Å². The van der Waals surface area contributed by atoms with Gasteiger partial charge in [-0.05, 0) is 31.6 Å². The molecule has 1 aliphatic carbocycles. The minimum Gasteiger partial charge on any atom is -0.484 e. The van der Waals surface area contributed by atoms with Crippen molar-refractivity contribution in [2.75, 3.05) is 32.1 Å². The Balaban J connectivity index is 1.43. The standard InChI is InChI=1S/C21H31ClFN4O5PS/c1-13(9-16(23)14(2)22)31-12-18(28)27-33(7-3-4-8-33)19(29)10-24-26-20(30)17-11-32-34-21(25-17)15-5-6-15/h9,15,17,19,21,24-25,29H,1-8,10-12H2,(H-,26,27,28,30)/p+1/b16-9+. The van der Waals surface area contributed by atoms with E-state index in [9.17, 15) is 19.1 Å². The summed E-state index contributed by atoms with van der Waals surface area (Å²) in [4.78, 5) is 25.0. The molecule has 9 nitrogen and oxygen atoms in total. The van der Waals surface area contributed by atoms with Crippen LogP contribution in [0.1, 0.15) is 25.7 Å². The van der Waals surface area contributed by atoms with E-state index in [1.54, 1.807) is 0 Å². The smallest absolute Gasteiger partial charge is 0.289 e. The second kappa shape index (κ2) is 12.7. The molecular weight excluding hydrogens is 506 g/mol. The maximum Gasteiger partial charge on any atom is 0.289 e. The molecular formula is C21H32ClFN4O5PS+. The summed E-state index contributed by atoms with van der Waals surface area (Å²) in [7, 11) is -2.24. The summed E-state index contributed by atoms with van der Waals surface area (Å²) in [6.45, 7) is 6.76. The molecule has 0 aromatic carbocycles. The number of allylic oxidation sites excluding steroid dienone is 3. The van der Waals surface area contributed by atoms with Crippen LogP contribution in [-0.2, 0) is 18.5 Å². The molecule has 0 spiro atoms. The lowest BCUT2D eigenvalue weighted by Gasteiger charge is -2.30. The molecule has 0 bridgehead atoms. The quantitative estimate of drug-likeness (QED) is 0.0845. The summed E-state index contributed by atoms with van der Waals surface area (Å²) >= 11 is 6.83. The molecule has 0 aromatic heterocycles. The lowest BCUT2D eigenvalue weighted by atomic mass is 10.2. The number of carbonyl (C=O) groups is 2. The Labute approximate surface area is 208 Å². The van der Waals surface area contributed by atoms with Crippen molar-refractivity contribution in [2.45, 2.75) is 42.9 Å². The zero-order valence-corrected chi connectivity index (χ0v) is 21.3. The summed E-state index contributed by atoms with van der Waals surface area (Å²) < 4.78 is 24.1. The first-order valence-corrected chi connectivity index (χ1v) is 14.6. The molecule has 3 unspecified atom stereocenters. The van der Waals surface area contributed by atoms with E-state index in [0.717, 1.165) is 31.8 Å². The molecule has 1 saturated carbocycles. The molecule has 2 amide bonds. The number of hydrogen-bond acceptors (Lipinski definition) is 8. The van der Waals surface area contributed by atoms with Gasteiger partial charge in [0.05, 0.1) is 35.9 Å². The molecule has 0 aromatic rings. The number of amides is 2. The number of rotatable bonds is 12. The van der Waals surface area contributed by atoms with E-state index in [0.29, 0.717) is 18.2 Å². The van der Waals surface area contributed by atoms with Crippen LogP contribution in [-0.4, -0.2) is 66.3 Å². The molecule has 0 radical (unpaired) electrons. The third-order valence-electron chi connectivity index (χ3n) is 5.85. The van der Waals surface area contributed by atoms with Gasteiger partial charge in [0.15, 0.2) is 12.5 Å². The van der Waals surface area contributed by atoms with Crippen LogP contribution < -0.4 is 21.3 Å². The van der Waals surface area contributed by atoms with Gasteiger partial charge in [-0.3, -0.25) is 20.3 Å². The van der Waals surface area contributed by atoms with Crippen LogP contribution in [0.4, 0.5) is 4.39 Å². The molecule has 2 heterocycles. The van der Waals surface area contributed by atoms with E-state index in [1.165, 1.54) is 12.0 Å². The van der Waals surface area contributed by atoms with Gasteiger partial charge in [0.2, 0.25) is 0 Å². The number of hydrazine groups is 1. The first-order chi connectivity index (χ1) is 16.2. The Hall–Kier alpha value is -1.20. The van der Waals surface area contributed by atoms with E-state index in [4.69, 9.17) is 20.5 Å². The minimum absolute atomic E-state index is 0.0687. The molecule has 34 heavy (non-hydrogen) atoms. The summed E-state index contributed by atoms with van der Waals surface area (Å²) in [5.74, 6) is -1.85. The highest BCUT2D eigenvalue weighted by molar-refractivity contribution is 7.95. The zero-order chi connectivity index (χ0) is 24.7. The van der Waals surface area contributed by atoms with E-state index in [-0.39, 0.29) is 41.8 Å². The molecule has 3 aliphatic rings. The molecule has 3 atom stereocenters. The van der Waals surface area contributed by atoms with Crippen LogP contribution in [0.15, 0.2) is 35.9 Å². The molecule has 13 heteroatoms. The normalized spacial score (nSPS) is 25.3. The SMILES string of the molecule is C=C(/C=C(/F)C(=C)Cl)OCC(=O)N[P+]1(C(O)CNNC(=O)C2COSC(C3CC3)N2)CCCC1. The summed E-state index contributed by atoms with van der Waals surface area (Å²) in [6.07, 6.45) is 6.38. The van der Waals surface area contributed by atoms with Crippen molar-refractivity contribution >= 4 is 42.9 Å². The first kappa shape index (κ1) is 27.4. The van der Waals surface area contributed by atoms with E-state index in [1.807, 2.05) is 0 Å². The van der Waals surface area contributed by atoms with Crippen molar-refractivity contribution in [3.63, 3.8) is 0 Å². The average molecular weight is 538 g/mol. The van der Waals surface area contributed by atoms with Gasteiger partial charge in [-0.15, -0.1) is 0 Å². The Morgan fingerprint density at radius 3 is 2.71 bits per heavy atom. The van der Waals surface area contributed by atoms with Gasteiger partial charge in [-0.25, -0.2) is 14.9 Å². The van der Waals surface area contributed by atoms with Crippen molar-refractivity contribution in [3.05, 3.63) is 35.9 Å². The lowest BCUT2D eigenvalue weighted by molar-refractivity contribution is -0.125. The fourth-order valence-electron chi connectivity index (χ4n) is 3.80. The molecule has 190 valence electrons. The van der Waals surface area contributed by atoms with E-state index < -0.39 is 31.0 Å². The Morgan fingerprint density at radius 1 is 1.35 bits per heavy atom. The Bertz CT molecular complexity index is 825. The van der Waals surface area contributed by atoms with Crippen molar-refractivity contribution in [2.24, 2.45) is 5.92 Å². The zero-order valence-electron chi connectivity index (χ0n) is 18.9. The van der Waals surface area contributed by atoms with Crippen LogP contribution in [0, 0.1) is 5.92 Å². The third-order valence-corrected chi connectivity index (χ3v) is 11.3. The van der Waals surface area contributed by atoms with Gasteiger partial charge in [0.1, 0.15) is 25.0 Å². The second-order valence-electron chi connectivity index (χ2n) is 8.58. The van der Waals surface area contributed by atoms with Gasteiger partial charge in [0.25, 0.3) is 11.8 Å². The summed E-state index contributed by atoms with van der Waals surface area (Å²) in [5, 5.41) is 17.0. The number of nitrogens with one attached hydrogen (secondary N) is 4. The highest BCUT2D eigenvalue weighted by Crippen LogP contribution is 2.63. The molecule has 3 fully saturated rings. The van der Waals surface area contributed by atoms with Gasteiger partial charge in [0, 0.05) is 18.1 Å². The highest BCUT2D eigenvalue weighted by atomic mass is 35.5. The number of carbonyl (C=O) groups excluding carboxylic acids is 2. The average Bonchev–Trinajstić information content (AvgIpc) is 3.56. The fraction of sp³-hybridized carbons (Fsp3) is 0.619. The maximum absolute atomic E-state index is 13.5. The van der Waals surface area contributed by atoms with Crippen LogP contribution in [0.5, 0.6) is 0 Å². The van der Waals surface area contributed by atoms with Gasteiger partial charge in [-0.2, -0.15) is 0 Å². The van der Waals surface area contributed by atoms with Crippen LogP contribution in [0.25, 0.3) is 0 Å². The van der Waals surface area contributed by atoms with Crippen molar-refractivity contribution in [3.8, 4) is 0 Å². The second-order valence-corrected chi connectivity index (χ2v) is 13.8. The number of hydrogen-bond donors (Lipinski definition) is 5.